The Balaban J connectivity index is 1.93. The zero-order valence-electron chi connectivity index (χ0n) is 17.7. The zero-order chi connectivity index (χ0) is 22.1. The van der Waals surface area contributed by atoms with Gasteiger partial charge in [-0.05, 0) is 36.8 Å². The largest absolute Gasteiger partial charge is 0.497 e. The van der Waals surface area contributed by atoms with Crippen LogP contribution in [0.2, 0.25) is 0 Å². The second-order valence-corrected chi connectivity index (χ2v) is 8.28. The summed E-state index contributed by atoms with van der Waals surface area (Å²) in [7, 11) is 1.64. The number of amides is 1. The number of nitrogens with zero attached hydrogens (tertiary/aromatic N) is 4. The lowest BCUT2D eigenvalue weighted by Gasteiger charge is -2.19. The Morgan fingerprint density at radius 1 is 1.26 bits per heavy atom. The third-order valence-electron chi connectivity index (χ3n) is 5.44. The van der Waals surface area contributed by atoms with Gasteiger partial charge < -0.3 is 14.2 Å². The summed E-state index contributed by atoms with van der Waals surface area (Å²) in [4.78, 5) is 18.6. The molecule has 2 aromatic carbocycles. The number of carbonyl (C=O) groups excluding carboxylic acids is 1. The molecule has 0 saturated heterocycles. The number of aromatic nitrogens is 3. The first-order valence-electron chi connectivity index (χ1n) is 10.0. The Labute approximate surface area is 188 Å². The van der Waals surface area contributed by atoms with Crippen LogP contribution in [0.5, 0.6) is 5.75 Å². The van der Waals surface area contributed by atoms with Gasteiger partial charge >= 0.3 is 0 Å². The van der Waals surface area contributed by atoms with Gasteiger partial charge in [0.15, 0.2) is 5.52 Å². The molecular formula is C23H24BrN4O3+. The van der Waals surface area contributed by atoms with Gasteiger partial charge in [0.25, 0.3) is 11.7 Å². The minimum Gasteiger partial charge on any atom is -0.497 e. The lowest BCUT2D eigenvalue weighted by atomic mass is 10.1. The molecule has 4 aromatic rings. The maximum Gasteiger partial charge on any atom is 0.267 e. The van der Waals surface area contributed by atoms with E-state index in [1.54, 1.807) is 25.1 Å². The second-order valence-electron chi connectivity index (χ2n) is 7.36. The molecule has 0 unspecified atom stereocenters. The van der Waals surface area contributed by atoms with Gasteiger partial charge in [-0.2, -0.15) is 0 Å². The van der Waals surface area contributed by atoms with E-state index in [0.29, 0.717) is 30.7 Å². The van der Waals surface area contributed by atoms with Crippen LogP contribution < -0.4 is 9.47 Å². The molecule has 160 valence electrons. The monoisotopic (exact) mass is 483 g/mol. The average molecular weight is 484 g/mol. The minimum atomic E-state index is -0.00318. The zero-order valence-corrected chi connectivity index (χ0v) is 19.3. The fourth-order valence-electron chi connectivity index (χ4n) is 3.79. The van der Waals surface area contributed by atoms with Gasteiger partial charge in [0.05, 0.1) is 24.6 Å². The predicted octanol–water partition coefficient (Wildman–Crippen LogP) is 3.90. The Hall–Kier alpha value is -3.13. The fraction of sp³-hybridized carbons (Fsp3) is 0.261. The fourth-order valence-corrected chi connectivity index (χ4v) is 4.14. The number of halogens is 1. The first-order chi connectivity index (χ1) is 14.9. The number of benzene rings is 2. The van der Waals surface area contributed by atoms with Gasteiger partial charge in [0.2, 0.25) is 5.91 Å². The molecule has 0 aliphatic rings. The van der Waals surface area contributed by atoms with Crippen LogP contribution in [0.3, 0.4) is 0 Å². The Kier molecular flexibility index (Phi) is 5.82. The van der Waals surface area contributed by atoms with Crippen LogP contribution in [0.4, 0.5) is 0 Å². The Morgan fingerprint density at radius 3 is 2.65 bits per heavy atom. The molecule has 1 N–H and O–H groups in total. The summed E-state index contributed by atoms with van der Waals surface area (Å²) >= 11 is 3.48. The molecule has 0 spiro atoms. The van der Waals surface area contributed by atoms with Crippen molar-refractivity contribution in [3.05, 3.63) is 64.5 Å². The molecule has 0 radical (unpaired) electrons. The number of methoxy groups -OCH3 is 1. The van der Waals surface area contributed by atoms with E-state index < -0.39 is 0 Å². The van der Waals surface area contributed by atoms with Crippen LogP contribution in [0.1, 0.15) is 25.2 Å². The third kappa shape index (κ3) is 4.07. The first-order valence-corrected chi connectivity index (χ1v) is 10.8. The van der Waals surface area contributed by atoms with Crippen molar-refractivity contribution in [1.29, 1.82) is 0 Å². The molecule has 0 saturated carbocycles. The van der Waals surface area contributed by atoms with Gasteiger partial charge in [-0.25, -0.2) is 4.98 Å². The van der Waals surface area contributed by atoms with Crippen molar-refractivity contribution in [3.8, 4) is 5.75 Å². The third-order valence-corrected chi connectivity index (χ3v) is 5.93. The molecule has 2 aromatic heterocycles. The van der Waals surface area contributed by atoms with Gasteiger partial charge in [0, 0.05) is 35.3 Å². The summed E-state index contributed by atoms with van der Waals surface area (Å²) in [6, 6.07) is 13.7. The molecule has 0 aliphatic carbocycles. The number of rotatable bonds is 6. The number of carbonyl (C=O) groups is 1. The molecule has 7 nitrogen and oxygen atoms in total. The van der Waals surface area contributed by atoms with Crippen molar-refractivity contribution >= 4 is 43.8 Å². The number of pyridine rings is 1. The summed E-state index contributed by atoms with van der Waals surface area (Å²) in [5.74, 6) is 1.56. The molecule has 0 fully saturated rings. The van der Waals surface area contributed by atoms with E-state index in [4.69, 9.17) is 9.72 Å². The highest BCUT2D eigenvalue weighted by Crippen LogP contribution is 2.28. The van der Waals surface area contributed by atoms with Crippen molar-refractivity contribution in [2.75, 3.05) is 13.7 Å². The quantitative estimate of drug-likeness (QED) is 0.333. The molecule has 4 rings (SSSR count). The highest BCUT2D eigenvalue weighted by atomic mass is 79.9. The molecule has 1 amide bonds. The van der Waals surface area contributed by atoms with Gasteiger partial charge in [-0.1, -0.05) is 28.1 Å². The van der Waals surface area contributed by atoms with E-state index in [-0.39, 0.29) is 5.91 Å². The molecular weight excluding hydrogens is 460 g/mol. The number of ether oxygens (including phenoxy) is 1. The van der Waals surface area contributed by atoms with Gasteiger partial charge in [-0.3, -0.25) is 10.0 Å². The van der Waals surface area contributed by atoms with Crippen LogP contribution >= 0.6 is 15.9 Å². The highest BCUT2D eigenvalue weighted by molar-refractivity contribution is 9.10. The van der Waals surface area contributed by atoms with Crippen molar-refractivity contribution in [2.24, 2.45) is 0 Å². The van der Waals surface area contributed by atoms with Gasteiger partial charge in [-0.15, -0.1) is 0 Å². The van der Waals surface area contributed by atoms with Crippen LogP contribution in [0.15, 0.2) is 53.1 Å². The highest BCUT2D eigenvalue weighted by Gasteiger charge is 2.22. The van der Waals surface area contributed by atoms with Crippen LogP contribution in [0, 0.1) is 0 Å². The van der Waals surface area contributed by atoms with Crippen LogP contribution in [-0.4, -0.2) is 39.2 Å². The van der Waals surface area contributed by atoms with Crippen LogP contribution in [-0.2, 0) is 17.9 Å². The molecule has 2 heterocycles. The minimum absolute atomic E-state index is 0.00318. The standard InChI is InChI=1S/C23H24BrN4O3/c1-4-26(15(2)29)14-22-25-20-13-28(30)21-11-17(24)7-10-19(21)23(20)27(22)12-16-5-8-18(31-3)9-6-16/h5-11,13,30H,4,12,14H2,1-3H3/q+1. The number of hydrogen-bond donors (Lipinski definition) is 1. The van der Waals surface area contributed by atoms with Crippen molar-refractivity contribution in [2.45, 2.75) is 26.9 Å². The summed E-state index contributed by atoms with van der Waals surface area (Å²) in [5, 5.41) is 11.4. The Morgan fingerprint density at radius 2 is 2.00 bits per heavy atom. The summed E-state index contributed by atoms with van der Waals surface area (Å²) in [5.41, 5.74) is 3.33. The smallest absolute Gasteiger partial charge is 0.267 e. The SMILES string of the molecule is CCN(Cc1nc2c[n+](O)c3cc(Br)ccc3c2n1Cc1ccc(OC)cc1)C(C)=O. The predicted molar refractivity (Wildman–Crippen MR) is 121 cm³/mol. The Bertz CT molecular complexity index is 1270. The lowest BCUT2D eigenvalue weighted by Crippen LogP contribution is -2.30. The molecule has 0 bridgehead atoms. The number of fused-ring (bicyclic) bond motifs is 3. The van der Waals surface area contributed by atoms with Gasteiger partial charge in [0.1, 0.15) is 11.6 Å². The van der Waals surface area contributed by atoms with E-state index in [9.17, 15) is 10.0 Å². The average Bonchev–Trinajstić information content (AvgIpc) is 3.09. The van der Waals surface area contributed by atoms with E-state index in [0.717, 1.165) is 37.2 Å². The van der Waals surface area contributed by atoms with Crippen molar-refractivity contribution in [1.82, 2.24) is 14.5 Å². The summed E-state index contributed by atoms with van der Waals surface area (Å²) in [6.45, 7) is 5.07. The molecule has 0 aliphatic heterocycles. The summed E-state index contributed by atoms with van der Waals surface area (Å²) < 4.78 is 9.37. The second kappa shape index (κ2) is 8.55. The molecule has 0 atom stereocenters. The maximum atomic E-state index is 12.1. The lowest BCUT2D eigenvalue weighted by molar-refractivity contribution is -0.883. The van der Waals surface area contributed by atoms with E-state index >= 15 is 0 Å². The number of hydrogen-bond acceptors (Lipinski definition) is 4. The topological polar surface area (TPSA) is 71.5 Å². The first kappa shape index (κ1) is 21.1. The molecule has 8 heteroatoms. The maximum absolute atomic E-state index is 12.1. The van der Waals surface area contributed by atoms with Crippen molar-refractivity contribution in [3.63, 3.8) is 0 Å². The normalized spacial score (nSPS) is 11.2. The summed E-state index contributed by atoms with van der Waals surface area (Å²) in [6.07, 6.45) is 1.61. The van der Waals surface area contributed by atoms with Crippen molar-refractivity contribution < 1.29 is 19.5 Å². The molecule has 31 heavy (non-hydrogen) atoms. The van der Waals surface area contributed by atoms with E-state index in [1.165, 1.54) is 0 Å². The van der Waals surface area contributed by atoms with E-state index in [1.807, 2.05) is 49.4 Å². The van der Waals surface area contributed by atoms with Crippen LogP contribution in [0.25, 0.3) is 21.9 Å². The number of imidazole rings is 1. The van der Waals surface area contributed by atoms with E-state index in [2.05, 4.69) is 20.5 Å².